The quantitative estimate of drug-likeness (QED) is 0.235. The van der Waals surface area contributed by atoms with Crippen molar-refractivity contribution < 1.29 is 19.3 Å². The second-order valence-electron chi connectivity index (χ2n) is 4.47. The van der Waals surface area contributed by atoms with Crippen LogP contribution in [0.15, 0.2) is 22.2 Å². The number of hydrogen-bond donors (Lipinski definition) is 4. The number of aliphatic hydroxyl groups is 2. The monoisotopic (exact) mass is 315 g/mol. The number of rotatable bonds is 5. The molecule has 0 aliphatic carbocycles. The van der Waals surface area contributed by atoms with Crippen molar-refractivity contribution in [3.05, 3.63) is 33.2 Å². The Morgan fingerprint density at radius 2 is 2.45 bits per heavy atom. The van der Waals surface area contributed by atoms with Crippen molar-refractivity contribution in [2.24, 2.45) is 5.11 Å². The summed E-state index contributed by atoms with van der Waals surface area (Å²) in [5.74, 6) is 0.196. The molecule has 2 rings (SSSR count). The van der Waals surface area contributed by atoms with Crippen LogP contribution in [-0.4, -0.2) is 51.4 Å². The predicted molar refractivity (Wildman–Crippen MR) is 71.2 cm³/mol. The van der Waals surface area contributed by atoms with Crippen LogP contribution < -0.4 is 16.5 Å². The summed E-state index contributed by atoms with van der Waals surface area (Å²) in [6, 6.07) is 1.37. The van der Waals surface area contributed by atoms with E-state index in [0.29, 0.717) is 0 Å². The van der Waals surface area contributed by atoms with Gasteiger partial charge in [-0.05, 0) is 11.6 Å². The number of hydrogen-bond acceptors (Lipinski definition) is 8. The first-order chi connectivity index (χ1) is 10.5. The van der Waals surface area contributed by atoms with Crippen molar-refractivity contribution in [1.82, 2.24) is 15.0 Å². The predicted octanol–water partition coefficient (Wildman–Crippen LogP) is -0.984. The summed E-state index contributed by atoms with van der Waals surface area (Å²) < 4.78 is 20.1. The van der Waals surface area contributed by atoms with E-state index in [9.17, 15) is 19.4 Å². The van der Waals surface area contributed by atoms with E-state index in [1.165, 1.54) is 12.3 Å². The van der Waals surface area contributed by atoms with Crippen molar-refractivity contribution >= 4 is 5.82 Å². The maximum absolute atomic E-state index is 14.2. The van der Waals surface area contributed by atoms with E-state index in [0.717, 1.165) is 4.57 Å². The van der Waals surface area contributed by atoms with Crippen molar-refractivity contribution in [2.75, 3.05) is 19.1 Å². The number of ether oxygens (including phenoxy) is 1. The van der Waals surface area contributed by atoms with Gasteiger partial charge in [-0.25, -0.2) is 14.6 Å². The van der Waals surface area contributed by atoms with E-state index in [4.69, 9.17) is 10.3 Å². The van der Waals surface area contributed by atoms with Crippen LogP contribution in [0.2, 0.25) is 0 Å². The maximum atomic E-state index is 14.2. The van der Waals surface area contributed by atoms with Gasteiger partial charge in [0.1, 0.15) is 11.9 Å². The fourth-order valence-electron chi connectivity index (χ4n) is 2.08. The highest BCUT2D eigenvalue weighted by atomic mass is 19.1. The first kappa shape index (κ1) is 16.1. The SMILES string of the molecule is CNNc1ccn([C@@H]2O[C@@](CO)(N=[N+]=[N-])C(O)[C@@H]2F)c(=O)n1. The van der Waals surface area contributed by atoms with Crippen molar-refractivity contribution in [3.63, 3.8) is 0 Å². The number of aliphatic hydroxyl groups excluding tert-OH is 2. The van der Waals surface area contributed by atoms with Gasteiger partial charge in [0.05, 0.1) is 6.61 Å². The molecule has 0 radical (unpaired) electrons. The molecule has 22 heavy (non-hydrogen) atoms. The summed E-state index contributed by atoms with van der Waals surface area (Å²) in [6.07, 6.45) is -4.42. The molecule has 1 fully saturated rings. The molecule has 1 aliphatic heterocycles. The Labute approximate surface area is 122 Å². The van der Waals surface area contributed by atoms with Crippen molar-refractivity contribution in [3.8, 4) is 0 Å². The van der Waals surface area contributed by atoms with E-state index in [-0.39, 0.29) is 5.82 Å². The Hall–Kier alpha value is -2.24. The Kier molecular flexibility index (Phi) is 4.59. The Balaban J connectivity index is 2.38. The van der Waals surface area contributed by atoms with Crippen LogP contribution in [-0.2, 0) is 4.74 Å². The molecule has 0 spiro atoms. The Bertz CT molecular complexity index is 648. The molecule has 0 saturated carbocycles. The zero-order valence-corrected chi connectivity index (χ0v) is 11.4. The summed E-state index contributed by atoms with van der Waals surface area (Å²) >= 11 is 0. The smallest absolute Gasteiger partial charge is 0.351 e. The number of alkyl halides is 1. The average molecular weight is 315 g/mol. The van der Waals surface area contributed by atoms with Crippen LogP contribution >= 0.6 is 0 Å². The number of azide groups is 1. The molecule has 0 aromatic carbocycles. The van der Waals surface area contributed by atoms with Gasteiger partial charge in [0, 0.05) is 18.2 Å². The van der Waals surface area contributed by atoms with Gasteiger partial charge in [-0.3, -0.25) is 4.57 Å². The number of nitrogens with zero attached hydrogens (tertiary/aromatic N) is 5. The first-order valence-electron chi connectivity index (χ1n) is 6.18. The maximum Gasteiger partial charge on any atom is 0.351 e. The molecule has 1 aromatic heterocycles. The van der Waals surface area contributed by atoms with E-state index < -0.39 is 36.5 Å². The molecule has 4 atom stereocenters. The van der Waals surface area contributed by atoms with Gasteiger partial charge in [0.25, 0.3) is 0 Å². The minimum absolute atomic E-state index is 0.196. The topological polar surface area (TPSA) is 157 Å². The van der Waals surface area contributed by atoms with Gasteiger partial charge in [-0.1, -0.05) is 5.11 Å². The van der Waals surface area contributed by atoms with E-state index in [2.05, 4.69) is 25.9 Å². The largest absolute Gasteiger partial charge is 0.393 e. The standard InChI is InChI=1S/C10H14FN7O4/c1-13-15-5-2-3-18(9(21)14-5)8-6(11)7(20)10(4-19,22-8)16-17-12/h2-3,6-8,13,19-20H,4H2,1H3,(H,14,15,21)/t6-,7?,8+,10+/m0/s1. The minimum atomic E-state index is -2.19. The lowest BCUT2D eigenvalue weighted by Crippen LogP contribution is -2.43. The molecule has 12 heteroatoms. The van der Waals surface area contributed by atoms with Crippen LogP contribution in [0, 0.1) is 0 Å². The van der Waals surface area contributed by atoms with Gasteiger partial charge in [-0.2, -0.15) is 4.98 Å². The summed E-state index contributed by atoms with van der Waals surface area (Å²) in [5, 5.41) is 22.2. The molecule has 4 N–H and O–H groups in total. The first-order valence-corrected chi connectivity index (χ1v) is 6.18. The van der Waals surface area contributed by atoms with E-state index in [1.54, 1.807) is 7.05 Å². The second-order valence-corrected chi connectivity index (χ2v) is 4.47. The van der Waals surface area contributed by atoms with Gasteiger partial charge >= 0.3 is 5.69 Å². The number of hydrazine groups is 1. The van der Waals surface area contributed by atoms with Crippen molar-refractivity contribution in [1.29, 1.82) is 0 Å². The second kappa shape index (κ2) is 6.25. The Morgan fingerprint density at radius 1 is 1.73 bits per heavy atom. The highest BCUT2D eigenvalue weighted by Crippen LogP contribution is 2.39. The van der Waals surface area contributed by atoms with Crippen LogP contribution in [0.25, 0.3) is 10.4 Å². The van der Waals surface area contributed by atoms with Crippen LogP contribution in [0.3, 0.4) is 0 Å². The molecule has 120 valence electrons. The minimum Gasteiger partial charge on any atom is -0.393 e. The molecule has 1 saturated heterocycles. The molecule has 2 heterocycles. The molecular weight excluding hydrogens is 301 g/mol. The van der Waals surface area contributed by atoms with Gasteiger partial charge in [-0.15, -0.1) is 0 Å². The van der Waals surface area contributed by atoms with Crippen LogP contribution in [0.5, 0.6) is 0 Å². The van der Waals surface area contributed by atoms with Crippen LogP contribution in [0.4, 0.5) is 10.2 Å². The molecule has 1 aliphatic rings. The molecule has 0 bridgehead atoms. The Morgan fingerprint density at radius 3 is 3.00 bits per heavy atom. The third-order valence-corrected chi connectivity index (χ3v) is 3.16. The van der Waals surface area contributed by atoms with Crippen LogP contribution in [0.1, 0.15) is 6.23 Å². The van der Waals surface area contributed by atoms with Crippen molar-refractivity contribution in [2.45, 2.75) is 24.2 Å². The number of nitrogens with one attached hydrogen (secondary N) is 2. The van der Waals surface area contributed by atoms with Gasteiger partial charge < -0.3 is 20.4 Å². The number of aromatic nitrogens is 2. The third-order valence-electron chi connectivity index (χ3n) is 3.16. The zero-order chi connectivity index (χ0) is 16.3. The fraction of sp³-hybridized carbons (Fsp3) is 0.600. The highest BCUT2D eigenvalue weighted by molar-refractivity contribution is 5.30. The summed E-state index contributed by atoms with van der Waals surface area (Å²) in [4.78, 5) is 18.0. The van der Waals surface area contributed by atoms with Gasteiger partial charge in [0.2, 0.25) is 5.72 Å². The molecule has 1 unspecified atom stereocenters. The fourth-order valence-corrected chi connectivity index (χ4v) is 2.08. The zero-order valence-electron chi connectivity index (χ0n) is 11.4. The van der Waals surface area contributed by atoms with Gasteiger partial charge in [0.15, 0.2) is 12.4 Å². The molecule has 11 nitrogen and oxygen atoms in total. The lowest BCUT2D eigenvalue weighted by Gasteiger charge is -2.23. The summed E-state index contributed by atoms with van der Waals surface area (Å²) in [5.41, 5.74) is 10.6. The molecule has 0 amide bonds. The summed E-state index contributed by atoms with van der Waals surface area (Å²) in [6.45, 7) is -0.948. The lowest BCUT2D eigenvalue weighted by molar-refractivity contribution is -0.124. The third kappa shape index (κ3) is 2.61. The molecule has 1 aromatic rings. The average Bonchev–Trinajstić information content (AvgIpc) is 2.74. The lowest BCUT2D eigenvalue weighted by atomic mass is 10.1. The van der Waals surface area contributed by atoms with E-state index in [1.807, 2.05) is 0 Å². The number of anilines is 1. The normalized spacial score (nSPS) is 30.8. The highest BCUT2D eigenvalue weighted by Gasteiger charge is 2.56. The van der Waals surface area contributed by atoms with E-state index >= 15 is 0 Å². The summed E-state index contributed by atoms with van der Waals surface area (Å²) in [7, 11) is 1.57. The number of halogens is 1. The molecular formula is C10H14FN7O4.